The van der Waals surface area contributed by atoms with Gasteiger partial charge in [-0.05, 0) is 13.8 Å². The van der Waals surface area contributed by atoms with Gasteiger partial charge in [-0.3, -0.25) is 0 Å². The van der Waals surface area contributed by atoms with E-state index in [1.54, 1.807) is 13.8 Å². The zero-order valence-corrected chi connectivity index (χ0v) is 8.62. The summed E-state index contributed by atoms with van der Waals surface area (Å²) in [7, 11) is 0. The number of aliphatic hydroxyl groups is 1. The Kier molecular flexibility index (Phi) is 119. The molecule has 0 aliphatic rings. The summed E-state index contributed by atoms with van der Waals surface area (Å²) in [6, 6.07) is 0. The number of hydrogen-bond donors (Lipinski definition) is 1. The van der Waals surface area contributed by atoms with Crippen LogP contribution in [0.25, 0.3) is 0 Å². The average Bonchev–Trinajstić information content (AvgIpc) is 0.811. The Balaban J connectivity index is -0.00000000750. The van der Waals surface area contributed by atoms with Crippen molar-refractivity contribution in [3.05, 3.63) is 0 Å². The first-order chi connectivity index (χ1) is 1.73. The molecule has 0 aliphatic heterocycles. The molecule has 4 nitrogen and oxygen atoms in total. The molecule has 54 valence electrons. The van der Waals surface area contributed by atoms with Gasteiger partial charge in [0.2, 0.25) is 0 Å². The third-order valence-corrected chi connectivity index (χ3v) is 0. The molecule has 7 N–H and O–H groups in total. The molecule has 0 aliphatic carbocycles. The Morgan fingerprint density at radius 1 is 1.00 bits per heavy atom. The third-order valence-electron chi connectivity index (χ3n) is 0. The molecule has 0 spiro atoms. The molecule has 0 saturated carbocycles. The molecule has 0 aromatic rings. The first-order valence-corrected chi connectivity index (χ1v) is 1.41. The van der Waals surface area contributed by atoms with Crippen molar-refractivity contribution in [1.82, 2.24) is 0 Å². The van der Waals surface area contributed by atoms with Gasteiger partial charge in [0, 0.05) is 31.9 Å². The zero-order valence-electron chi connectivity index (χ0n) is 5.02. The summed E-state index contributed by atoms with van der Waals surface area (Å²) in [6.45, 7) is 3.44. The van der Waals surface area contributed by atoms with Crippen LogP contribution >= 0.6 is 0 Å². The molecule has 0 radical (unpaired) electrons. The molecule has 0 aromatic heterocycles. The summed E-state index contributed by atoms with van der Waals surface area (Å²) in [5.74, 6) is 0. The monoisotopic (exact) mass is 294 g/mol. The van der Waals surface area contributed by atoms with E-state index in [-0.39, 0.29) is 48.4 Å². The maximum atomic E-state index is 8.06. The van der Waals surface area contributed by atoms with Crippen LogP contribution in [0.3, 0.4) is 0 Å². The second-order valence-electron chi connectivity index (χ2n) is 1.09. The maximum Gasteiger partial charge on any atom is 0.0483 e. The predicted molar refractivity (Wildman–Crippen MR) is 28.2 cm³/mol. The summed E-state index contributed by atoms with van der Waals surface area (Å²) in [6.07, 6.45) is -0.167. The van der Waals surface area contributed by atoms with E-state index in [4.69, 9.17) is 5.11 Å². The van der Waals surface area contributed by atoms with Crippen LogP contribution in [0.2, 0.25) is 0 Å². The summed E-state index contributed by atoms with van der Waals surface area (Å²) < 4.78 is 0. The van der Waals surface area contributed by atoms with Crippen LogP contribution in [-0.4, -0.2) is 27.6 Å². The Hall–Kier alpha value is 0.710. The van der Waals surface area contributed by atoms with Crippen LogP contribution in [0.4, 0.5) is 0 Å². The summed E-state index contributed by atoms with van der Waals surface area (Å²) in [4.78, 5) is 0. The van der Waals surface area contributed by atoms with Gasteiger partial charge in [0.1, 0.15) is 0 Å². The minimum atomic E-state index is -0.167. The van der Waals surface area contributed by atoms with Crippen molar-refractivity contribution < 1.29 is 47.4 Å². The van der Waals surface area contributed by atoms with E-state index < -0.39 is 0 Å². The molecule has 0 unspecified atom stereocenters. The number of aliphatic hydroxyl groups excluding tert-OH is 1. The molecule has 5 heteroatoms. The van der Waals surface area contributed by atoms with E-state index >= 15 is 0 Å². The average molecular weight is 293 g/mol. The van der Waals surface area contributed by atoms with Gasteiger partial charge in [-0.2, -0.15) is 0 Å². The Labute approximate surface area is 67.6 Å². The molecule has 8 heavy (non-hydrogen) atoms. The summed E-state index contributed by atoms with van der Waals surface area (Å²) in [5, 5.41) is 8.06. The fourth-order valence-electron chi connectivity index (χ4n) is 0. The van der Waals surface area contributed by atoms with E-state index in [9.17, 15) is 0 Å². The molecule has 0 aromatic carbocycles. The first kappa shape index (κ1) is 37.6. The molecular formula is C3H14HfO4. The topological polar surface area (TPSA) is 115 Å². The van der Waals surface area contributed by atoms with E-state index in [2.05, 4.69) is 0 Å². The van der Waals surface area contributed by atoms with Crippen LogP contribution in [0.15, 0.2) is 0 Å². The predicted octanol–water partition coefficient (Wildman–Crippen LogP) is -2.09. The smallest absolute Gasteiger partial charge is 0.0483 e. The Morgan fingerprint density at radius 3 is 1.00 bits per heavy atom. The van der Waals surface area contributed by atoms with Gasteiger partial charge >= 0.3 is 0 Å². The normalized spacial score (nSPS) is 4.50. The molecule has 0 rings (SSSR count). The molecule has 0 bridgehead atoms. The van der Waals surface area contributed by atoms with Crippen LogP contribution in [-0.2, 0) is 25.8 Å². The van der Waals surface area contributed by atoms with Crippen LogP contribution in [0.5, 0.6) is 0 Å². The van der Waals surface area contributed by atoms with Crippen molar-refractivity contribution in [2.45, 2.75) is 20.0 Å². The van der Waals surface area contributed by atoms with Gasteiger partial charge in [0.25, 0.3) is 0 Å². The standard InChI is InChI=1S/C3H8O.Hf.3H2O/c1-3(2)4;;;;/h3-4H,1-2H3;;3*1H2. The van der Waals surface area contributed by atoms with Gasteiger partial charge in [0.15, 0.2) is 0 Å². The molecule has 0 amide bonds. The van der Waals surface area contributed by atoms with Gasteiger partial charge < -0.3 is 21.5 Å². The van der Waals surface area contributed by atoms with E-state index in [0.717, 1.165) is 0 Å². The van der Waals surface area contributed by atoms with Gasteiger partial charge in [-0.1, -0.05) is 0 Å². The minimum absolute atomic E-state index is 0. The van der Waals surface area contributed by atoms with E-state index in [1.165, 1.54) is 0 Å². The maximum absolute atomic E-state index is 8.06. The quantitative estimate of drug-likeness (QED) is 0.507. The third kappa shape index (κ3) is 434. The van der Waals surface area contributed by atoms with Crippen molar-refractivity contribution in [2.24, 2.45) is 0 Å². The summed E-state index contributed by atoms with van der Waals surface area (Å²) in [5.41, 5.74) is 0. The van der Waals surface area contributed by atoms with Crippen molar-refractivity contribution in [2.75, 3.05) is 0 Å². The largest absolute Gasteiger partial charge is 0.412 e. The fraction of sp³-hybridized carbons (Fsp3) is 1.00. The van der Waals surface area contributed by atoms with Gasteiger partial charge in [-0.15, -0.1) is 0 Å². The molecular weight excluding hydrogens is 279 g/mol. The van der Waals surface area contributed by atoms with Crippen molar-refractivity contribution in [1.29, 1.82) is 0 Å². The van der Waals surface area contributed by atoms with Crippen LogP contribution < -0.4 is 0 Å². The number of rotatable bonds is 0. The van der Waals surface area contributed by atoms with E-state index in [1.807, 2.05) is 0 Å². The van der Waals surface area contributed by atoms with Crippen molar-refractivity contribution in [3.8, 4) is 0 Å². The SMILES string of the molecule is CC(C)O.O.O.O.[Hf]. The molecule has 0 fully saturated rings. The molecule has 0 heterocycles. The van der Waals surface area contributed by atoms with Gasteiger partial charge in [-0.25, -0.2) is 0 Å². The zero-order chi connectivity index (χ0) is 3.58. The van der Waals surface area contributed by atoms with Gasteiger partial charge in [0.05, 0.1) is 0 Å². The van der Waals surface area contributed by atoms with Crippen LogP contribution in [0, 0.1) is 0 Å². The fourth-order valence-corrected chi connectivity index (χ4v) is 0. The Bertz CT molecular complexity index is 16.0. The van der Waals surface area contributed by atoms with Crippen LogP contribution in [0.1, 0.15) is 13.8 Å². The second kappa shape index (κ2) is 25.2. The van der Waals surface area contributed by atoms with Crippen molar-refractivity contribution in [3.63, 3.8) is 0 Å². The first-order valence-electron chi connectivity index (χ1n) is 1.41. The molecule has 0 saturated heterocycles. The summed E-state index contributed by atoms with van der Waals surface area (Å²) >= 11 is 0. The minimum Gasteiger partial charge on any atom is -0.412 e. The van der Waals surface area contributed by atoms with Crippen molar-refractivity contribution >= 4 is 0 Å². The Morgan fingerprint density at radius 2 is 1.00 bits per heavy atom. The molecule has 0 atom stereocenters. The second-order valence-corrected chi connectivity index (χ2v) is 1.09. The number of hydrogen-bond acceptors (Lipinski definition) is 1. The van der Waals surface area contributed by atoms with E-state index in [0.29, 0.717) is 0 Å².